The van der Waals surface area contributed by atoms with Crippen LogP contribution in [0, 0.1) is 0 Å². The Kier molecular flexibility index (Phi) is 3.76. The van der Waals surface area contributed by atoms with Crippen molar-refractivity contribution in [3.05, 3.63) is 22.6 Å². The molecule has 0 spiro atoms. The van der Waals surface area contributed by atoms with Crippen LogP contribution in [0.15, 0.2) is 4.42 Å². The fraction of sp³-hybridized carbons (Fsp3) is 0.400. The molecule has 0 unspecified atom stereocenters. The maximum absolute atomic E-state index is 12.5. The standard InChI is InChI=1S/C10H10F2O4/c1-2-3-6-7(10(14)15)5(4-13)8(16-6)9(11)12/h4,9H,2-3H2,1H3,(H,14,15). The lowest BCUT2D eigenvalue weighted by Crippen LogP contribution is -2.03. The summed E-state index contributed by atoms with van der Waals surface area (Å²) in [6.07, 6.45) is -2.17. The molecule has 0 saturated heterocycles. The fourth-order valence-corrected chi connectivity index (χ4v) is 1.43. The highest BCUT2D eigenvalue weighted by Gasteiger charge is 2.28. The minimum atomic E-state index is -3.00. The average molecular weight is 232 g/mol. The summed E-state index contributed by atoms with van der Waals surface area (Å²) in [5, 5.41) is 8.84. The molecule has 1 rings (SSSR count). The van der Waals surface area contributed by atoms with Gasteiger partial charge < -0.3 is 9.52 Å². The average Bonchev–Trinajstić information content (AvgIpc) is 2.57. The van der Waals surface area contributed by atoms with Crippen LogP contribution in [0.1, 0.15) is 52.0 Å². The van der Waals surface area contributed by atoms with E-state index in [4.69, 9.17) is 9.52 Å². The third-order valence-electron chi connectivity index (χ3n) is 2.05. The number of alkyl halides is 2. The van der Waals surface area contributed by atoms with Crippen LogP contribution >= 0.6 is 0 Å². The summed E-state index contributed by atoms with van der Waals surface area (Å²) in [6, 6.07) is 0. The number of hydrogen-bond donors (Lipinski definition) is 1. The van der Waals surface area contributed by atoms with Crippen LogP contribution < -0.4 is 0 Å². The van der Waals surface area contributed by atoms with Gasteiger partial charge in [0.2, 0.25) is 0 Å². The van der Waals surface area contributed by atoms with Crippen molar-refractivity contribution in [3.63, 3.8) is 0 Å². The zero-order chi connectivity index (χ0) is 12.3. The van der Waals surface area contributed by atoms with E-state index in [2.05, 4.69) is 0 Å². The Morgan fingerprint density at radius 2 is 2.19 bits per heavy atom. The van der Waals surface area contributed by atoms with E-state index in [-0.39, 0.29) is 18.5 Å². The number of carbonyl (C=O) groups excluding carboxylic acids is 1. The number of carboxylic acid groups (broad SMARTS) is 1. The minimum Gasteiger partial charge on any atom is -0.478 e. The highest BCUT2D eigenvalue weighted by atomic mass is 19.3. The van der Waals surface area contributed by atoms with Crippen LogP contribution in [-0.2, 0) is 6.42 Å². The summed E-state index contributed by atoms with van der Waals surface area (Å²) in [7, 11) is 0. The van der Waals surface area contributed by atoms with E-state index in [0.717, 1.165) is 0 Å². The summed E-state index contributed by atoms with van der Waals surface area (Å²) < 4.78 is 29.7. The molecule has 0 aliphatic carbocycles. The Morgan fingerprint density at radius 3 is 2.56 bits per heavy atom. The Morgan fingerprint density at radius 1 is 1.56 bits per heavy atom. The molecule has 0 bridgehead atoms. The van der Waals surface area contributed by atoms with Crippen molar-refractivity contribution in [1.82, 2.24) is 0 Å². The fourth-order valence-electron chi connectivity index (χ4n) is 1.43. The molecule has 0 aliphatic heterocycles. The monoisotopic (exact) mass is 232 g/mol. The molecular formula is C10H10F2O4. The zero-order valence-corrected chi connectivity index (χ0v) is 8.50. The first-order chi connectivity index (χ1) is 7.52. The lowest BCUT2D eigenvalue weighted by Gasteiger charge is -1.94. The molecule has 1 aromatic heterocycles. The number of carboxylic acids is 1. The Hall–Kier alpha value is -1.72. The van der Waals surface area contributed by atoms with Crippen LogP contribution in [0.5, 0.6) is 0 Å². The van der Waals surface area contributed by atoms with Crippen molar-refractivity contribution in [2.45, 2.75) is 26.2 Å². The molecule has 0 fully saturated rings. The summed E-state index contributed by atoms with van der Waals surface area (Å²) in [4.78, 5) is 21.5. The van der Waals surface area contributed by atoms with Gasteiger partial charge in [0.05, 0.1) is 5.56 Å². The van der Waals surface area contributed by atoms with Gasteiger partial charge in [-0.1, -0.05) is 6.92 Å². The Balaban J connectivity index is 3.39. The normalized spacial score (nSPS) is 10.8. The molecule has 0 radical (unpaired) electrons. The quantitative estimate of drug-likeness (QED) is 0.792. The topological polar surface area (TPSA) is 67.5 Å². The predicted octanol–water partition coefficient (Wildman–Crippen LogP) is 2.68. The predicted molar refractivity (Wildman–Crippen MR) is 50.0 cm³/mol. The van der Waals surface area contributed by atoms with Gasteiger partial charge >= 0.3 is 5.97 Å². The molecule has 0 amide bonds. The second-order valence-corrected chi connectivity index (χ2v) is 3.15. The van der Waals surface area contributed by atoms with E-state index in [1.807, 2.05) is 0 Å². The van der Waals surface area contributed by atoms with E-state index in [0.29, 0.717) is 6.42 Å². The first-order valence-electron chi connectivity index (χ1n) is 4.65. The van der Waals surface area contributed by atoms with Crippen molar-refractivity contribution in [1.29, 1.82) is 0 Å². The first kappa shape index (κ1) is 12.4. The van der Waals surface area contributed by atoms with Gasteiger partial charge in [0.1, 0.15) is 11.3 Å². The van der Waals surface area contributed by atoms with Crippen LogP contribution in [-0.4, -0.2) is 17.4 Å². The van der Waals surface area contributed by atoms with Gasteiger partial charge in [-0.05, 0) is 6.42 Å². The van der Waals surface area contributed by atoms with Crippen molar-refractivity contribution in [2.24, 2.45) is 0 Å². The van der Waals surface area contributed by atoms with Crippen LogP contribution in [0.4, 0.5) is 8.78 Å². The SMILES string of the molecule is CCCc1oc(C(F)F)c(C=O)c1C(=O)O. The van der Waals surface area contributed by atoms with Crippen molar-refractivity contribution in [3.8, 4) is 0 Å². The smallest absolute Gasteiger partial charge is 0.340 e. The molecule has 0 aromatic carbocycles. The van der Waals surface area contributed by atoms with Crippen molar-refractivity contribution >= 4 is 12.3 Å². The van der Waals surface area contributed by atoms with Gasteiger partial charge in [-0.3, -0.25) is 4.79 Å². The Bertz CT molecular complexity index is 409. The molecule has 1 heterocycles. The molecular weight excluding hydrogens is 222 g/mol. The van der Waals surface area contributed by atoms with Gasteiger partial charge in [0.25, 0.3) is 6.43 Å². The number of aldehydes is 1. The van der Waals surface area contributed by atoms with Crippen molar-refractivity contribution < 1.29 is 27.9 Å². The Labute approximate surface area is 89.9 Å². The summed E-state index contributed by atoms with van der Waals surface area (Å²) in [5.41, 5.74) is -1.02. The van der Waals surface area contributed by atoms with Gasteiger partial charge in [-0.25, -0.2) is 13.6 Å². The number of hydrogen-bond acceptors (Lipinski definition) is 3. The number of halogens is 2. The first-order valence-corrected chi connectivity index (χ1v) is 4.65. The zero-order valence-electron chi connectivity index (χ0n) is 8.50. The van der Waals surface area contributed by atoms with Gasteiger partial charge in [0.15, 0.2) is 12.0 Å². The maximum Gasteiger partial charge on any atom is 0.340 e. The van der Waals surface area contributed by atoms with Gasteiger partial charge in [0, 0.05) is 6.42 Å². The minimum absolute atomic E-state index is 0.0765. The van der Waals surface area contributed by atoms with E-state index in [9.17, 15) is 18.4 Å². The lowest BCUT2D eigenvalue weighted by molar-refractivity contribution is 0.0691. The summed E-state index contributed by atoms with van der Waals surface area (Å²) >= 11 is 0. The van der Waals surface area contributed by atoms with Crippen LogP contribution in [0.25, 0.3) is 0 Å². The molecule has 16 heavy (non-hydrogen) atoms. The molecule has 0 aliphatic rings. The van der Waals surface area contributed by atoms with Crippen molar-refractivity contribution in [2.75, 3.05) is 0 Å². The summed E-state index contributed by atoms with van der Waals surface area (Å²) in [5.74, 6) is -2.37. The molecule has 6 heteroatoms. The molecule has 0 atom stereocenters. The highest BCUT2D eigenvalue weighted by Crippen LogP contribution is 2.30. The largest absolute Gasteiger partial charge is 0.478 e. The second kappa shape index (κ2) is 4.87. The molecule has 1 N–H and O–H groups in total. The molecule has 0 saturated carbocycles. The maximum atomic E-state index is 12.5. The third kappa shape index (κ3) is 2.10. The molecule has 88 valence electrons. The molecule has 4 nitrogen and oxygen atoms in total. The number of furan rings is 1. The van der Waals surface area contributed by atoms with E-state index in [1.165, 1.54) is 0 Å². The third-order valence-corrected chi connectivity index (χ3v) is 2.05. The molecule has 1 aromatic rings. The van der Waals surface area contributed by atoms with Crippen LogP contribution in [0.3, 0.4) is 0 Å². The van der Waals surface area contributed by atoms with E-state index < -0.39 is 29.3 Å². The number of rotatable bonds is 5. The highest BCUT2D eigenvalue weighted by molar-refractivity contribution is 5.99. The lowest BCUT2D eigenvalue weighted by atomic mass is 10.1. The number of aryl methyl sites for hydroxylation is 1. The van der Waals surface area contributed by atoms with E-state index in [1.54, 1.807) is 6.92 Å². The van der Waals surface area contributed by atoms with Gasteiger partial charge in [-0.15, -0.1) is 0 Å². The van der Waals surface area contributed by atoms with E-state index >= 15 is 0 Å². The number of carbonyl (C=O) groups is 2. The van der Waals surface area contributed by atoms with Gasteiger partial charge in [-0.2, -0.15) is 0 Å². The summed E-state index contributed by atoms with van der Waals surface area (Å²) in [6.45, 7) is 1.75. The van der Waals surface area contributed by atoms with Crippen LogP contribution in [0.2, 0.25) is 0 Å². The second-order valence-electron chi connectivity index (χ2n) is 3.15. The number of aromatic carboxylic acids is 1.